The van der Waals surface area contributed by atoms with Crippen molar-refractivity contribution in [2.45, 2.75) is 45.5 Å². The number of nitrogens with zero attached hydrogens (tertiary/aromatic N) is 4. The third-order valence-electron chi connectivity index (χ3n) is 6.50. The van der Waals surface area contributed by atoms with Crippen LogP contribution in [-0.2, 0) is 17.8 Å². The Balaban J connectivity index is 1.70. The standard InChI is InChI=1S/C28H22F6N6O2S/c1-12-5-7-13(8-6-12)14-9-17(27(29,30)31)37-25-20(14)21(22(43-25)23(35)41)38-24(42)15-10-19-36-16(26(2,3)4)11-18(28(32,33)34)40(19)39-15/h5-11H,1-4H3,(H2,35,41)(H,38,42). The molecule has 15 heteroatoms. The monoisotopic (exact) mass is 620 g/mol. The number of aromatic nitrogens is 4. The number of primary amides is 1. The minimum Gasteiger partial charge on any atom is -0.365 e. The molecule has 0 aliphatic heterocycles. The molecule has 224 valence electrons. The number of nitrogens with two attached hydrogens (primary N) is 1. The van der Waals surface area contributed by atoms with Gasteiger partial charge < -0.3 is 11.1 Å². The van der Waals surface area contributed by atoms with E-state index in [9.17, 15) is 35.9 Å². The van der Waals surface area contributed by atoms with Gasteiger partial charge in [0.1, 0.15) is 21.1 Å². The number of alkyl halides is 6. The molecule has 2 amide bonds. The molecule has 0 fully saturated rings. The molecule has 0 unspecified atom stereocenters. The van der Waals surface area contributed by atoms with Crippen molar-refractivity contribution in [3.05, 3.63) is 75.7 Å². The van der Waals surface area contributed by atoms with Crippen LogP contribution in [0.2, 0.25) is 0 Å². The number of halogens is 6. The minimum absolute atomic E-state index is 0.00206. The molecule has 5 aromatic rings. The average molecular weight is 621 g/mol. The number of benzene rings is 1. The molecule has 0 saturated heterocycles. The van der Waals surface area contributed by atoms with Crippen LogP contribution in [0, 0.1) is 6.92 Å². The van der Waals surface area contributed by atoms with E-state index in [1.54, 1.807) is 52.0 Å². The van der Waals surface area contributed by atoms with Gasteiger partial charge in [0, 0.05) is 16.9 Å². The van der Waals surface area contributed by atoms with Crippen molar-refractivity contribution < 1.29 is 35.9 Å². The number of thiophene rings is 1. The summed E-state index contributed by atoms with van der Waals surface area (Å²) >= 11 is 0.540. The minimum atomic E-state index is -4.84. The molecule has 0 radical (unpaired) electrons. The smallest absolute Gasteiger partial charge is 0.365 e. The van der Waals surface area contributed by atoms with E-state index >= 15 is 0 Å². The summed E-state index contributed by atoms with van der Waals surface area (Å²) in [4.78, 5) is 33.2. The van der Waals surface area contributed by atoms with Crippen LogP contribution in [0.25, 0.3) is 27.0 Å². The molecule has 0 atom stereocenters. The summed E-state index contributed by atoms with van der Waals surface area (Å²) in [5, 5.41) is 6.26. The van der Waals surface area contributed by atoms with Crippen LogP contribution in [-0.4, -0.2) is 31.4 Å². The predicted molar refractivity (Wildman–Crippen MR) is 148 cm³/mol. The molecule has 5 rings (SSSR count). The Kier molecular flexibility index (Phi) is 6.99. The summed E-state index contributed by atoms with van der Waals surface area (Å²) in [6.45, 7) is 6.81. The molecule has 0 aliphatic carbocycles. The van der Waals surface area contributed by atoms with Crippen molar-refractivity contribution in [2.75, 3.05) is 5.32 Å². The lowest BCUT2D eigenvalue weighted by molar-refractivity contribution is -0.143. The maximum Gasteiger partial charge on any atom is 0.433 e. The van der Waals surface area contributed by atoms with Gasteiger partial charge in [0.05, 0.1) is 11.4 Å². The summed E-state index contributed by atoms with van der Waals surface area (Å²) in [7, 11) is 0. The third kappa shape index (κ3) is 5.63. The number of anilines is 1. The lowest BCUT2D eigenvalue weighted by atomic mass is 9.91. The molecule has 1 aromatic carbocycles. The molecule has 8 nitrogen and oxygen atoms in total. The van der Waals surface area contributed by atoms with Gasteiger partial charge >= 0.3 is 12.4 Å². The first-order valence-electron chi connectivity index (χ1n) is 12.6. The normalized spacial score (nSPS) is 12.7. The van der Waals surface area contributed by atoms with Gasteiger partial charge in [-0.05, 0) is 30.2 Å². The van der Waals surface area contributed by atoms with Gasteiger partial charge in [0.2, 0.25) is 0 Å². The zero-order chi connectivity index (χ0) is 31.6. The lowest BCUT2D eigenvalue weighted by Gasteiger charge is -2.19. The second-order valence-corrected chi connectivity index (χ2v) is 11.8. The van der Waals surface area contributed by atoms with Crippen molar-refractivity contribution in [1.29, 1.82) is 0 Å². The van der Waals surface area contributed by atoms with Crippen molar-refractivity contribution in [3.8, 4) is 11.1 Å². The highest BCUT2D eigenvalue weighted by Crippen LogP contribution is 2.44. The number of rotatable bonds is 4. The molecule has 0 aliphatic rings. The molecule has 0 saturated carbocycles. The second kappa shape index (κ2) is 10.0. The van der Waals surface area contributed by atoms with E-state index in [2.05, 4.69) is 20.4 Å². The van der Waals surface area contributed by atoms with Crippen molar-refractivity contribution >= 4 is 44.7 Å². The molecule has 0 spiro atoms. The molecule has 0 bridgehead atoms. The van der Waals surface area contributed by atoms with Crippen LogP contribution < -0.4 is 11.1 Å². The number of fused-ring (bicyclic) bond motifs is 2. The summed E-state index contributed by atoms with van der Waals surface area (Å²) in [5.74, 6) is -2.11. The first kappa shape index (κ1) is 29.9. The van der Waals surface area contributed by atoms with Gasteiger partial charge in [-0.2, -0.15) is 31.4 Å². The van der Waals surface area contributed by atoms with E-state index in [0.29, 0.717) is 21.4 Å². The highest BCUT2D eigenvalue weighted by molar-refractivity contribution is 7.21. The van der Waals surface area contributed by atoms with Crippen LogP contribution in [0.4, 0.5) is 32.0 Å². The summed E-state index contributed by atoms with van der Waals surface area (Å²) < 4.78 is 83.6. The van der Waals surface area contributed by atoms with E-state index in [1.165, 1.54) is 0 Å². The van der Waals surface area contributed by atoms with E-state index < -0.39 is 46.7 Å². The first-order chi connectivity index (χ1) is 19.8. The fraction of sp³-hybridized carbons (Fsp3) is 0.250. The molecular weight excluding hydrogens is 598 g/mol. The molecule has 3 N–H and O–H groups in total. The van der Waals surface area contributed by atoms with Crippen LogP contribution in [0.1, 0.15) is 63.6 Å². The molecule has 4 heterocycles. The van der Waals surface area contributed by atoms with Crippen molar-refractivity contribution in [2.24, 2.45) is 5.73 Å². The van der Waals surface area contributed by atoms with E-state index in [-0.39, 0.29) is 37.7 Å². The molecule has 43 heavy (non-hydrogen) atoms. The quantitative estimate of drug-likeness (QED) is 0.210. The second-order valence-electron chi connectivity index (χ2n) is 10.8. The summed E-state index contributed by atoms with van der Waals surface area (Å²) in [6, 6.07) is 9.15. The first-order valence-corrected chi connectivity index (χ1v) is 13.4. The number of nitrogens with one attached hydrogen (secondary N) is 1. The summed E-state index contributed by atoms with van der Waals surface area (Å²) in [6.07, 6.45) is -9.67. The van der Waals surface area contributed by atoms with Crippen LogP contribution in [0.5, 0.6) is 0 Å². The van der Waals surface area contributed by atoms with Gasteiger partial charge in [-0.3, -0.25) is 9.59 Å². The number of pyridine rings is 1. The lowest BCUT2D eigenvalue weighted by Crippen LogP contribution is -2.20. The Morgan fingerprint density at radius 2 is 1.56 bits per heavy atom. The Morgan fingerprint density at radius 1 is 0.907 bits per heavy atom. The van der Waals surface area contributed by atoms with Crippen LogP contribution >= 0.6 is 11.3 Å². The maximum atomic E-state index is 13.9. The number of amides is 2. The SMILES string of the molecule is Cc1ccc(-c2cc(C(F)(F)F)nc3sc(C(N)=O)c(NC(=O)c4cc5nc(C(C)(C)C)cc(C(F)(F)F)n5n4)c23)cc1. The number of aryl methyl sites for hydroxylation is 1. The van der Waals surface area contributed by atoms with E-state index in [1.807, 2.05) is 0 Å². The summed E-state index contributed by atoms with van der Waals surface area (Å²) in [5.41, 5.74) is 2.64. The van der Waals surface area contributed by atoms with Crippen LogP contribution in [0.3, 0.4) is 0 Å². The fourth-order valence-corrected chi connectivity index (χ4v) is 5.35. The zero-order valence-electron chi connectivity index (χ0n) is 22.9. The van der Waals surface area contributed by atoms with E-state index in [0.717, 1.165) is 23.8 Å². The highest BCUT2D eigenvalue weighted by atomic mass is 32.1. The van der Waals surface area contributed by atoms with Gasteiger partial charge in [0.15, 0.2) is 11.3 Å². The number of hydrogen-bond acceptors (Lipinski definition) is 6. The number of carbonyl (C=O) groups excluding carboxylic acids is 2. The Labute approximate surface area is 243 Å². The van der Waals surface area contributed by atoms with Gasteiger partial charge in [-0.1, -0.05) is 50.6 Å². The molecular formula is C28H22F6N6O2S. The fourth-order valence-electron chi connectivity index (χ4n) is 4.35. The third-order valence-corrected chi connectivity index (χ3v) is 7.59. The number of carbonyl (C=O) groups is 2. The number of hydrogen-bond donors (Lipinski definition) is 2. The largest absolute Gasteiger partial charge is 0.433 e. The average Bonchev–Trinajstić information content (AvgIpc) is 3.48. The maximum absolute atomic E-state index is 13.9. The zero-order valence-corrected chi connectivity index (χ0v) is 23.7. The van der Waals surface area contributed by atoms with Crippen molar-refractivity contribution in [3.63, 3.8) is 0 Å². The Bertz CT molecular complexity index is 1920. The van der Waals surface area contributed by atoms with Gasteiger partial charge in [-0.15, -0.1) is 11.3 Å². The topological polar surface area (TPSA) is 115 Å². The van der Waals surface area contributed by atoms with Gasteiger partial charge in [0.25, 0.3) is 11.8 Å². The van der Waals surface area contributed by atoms with Crippen molar-refractivity contribution in [1.82, 2.24) is 19.6 Å². The molecule has 4 aromatic heterocycles. The predicted octanol–water partition coefficient (Wildman–Crippen LogP) is 7.00. The highest BCUT2D eigenvalue weighted by Gasteiger charge is 2.37. The Morgan fingerprint density at radius 3 is 2.12 bits per heavy atom. The van der Waals surface area contributed by atoms with Gasteiger partial charge in [-0.25, -0.2) is 14.5 Å². The Hall–Kier alpha value is -4.53. The van der Waals surface area contributed by atoms with Crippen LogP contribution in [0.15, 0.2) is 42.5 Å². The van der Waals surface area contributed by atoms with E-state index in [4.69, 9.17) is 5.73 Å².